The molecule has 1 aromatic carbocycles. The van der Waals surface area contributed by atoms with Crippen molar-refractivity contribution in [3.63, 3.8) is 0 Å². The standard InChI is InChI=1S/C12H12N6S2/c1-2-17-15-11(14-16-17)10-8-13-18(12(10)20-19)9-6-4-3-5-7-9/h3-8,19H,2H2,1H3. The first-order valence-corrected chi connectivity index (χ1v) is 7.93. The van der Waals surface area contributed by atoms with Gasteiger partial charge < -0.3 is 0 Å². The molecule has 0 radical (unpaired) electrons. The van der Waals surface area contributed by atoms with E-state index in [1.165, 1.54) is 10.8 Å². The lowest BCUT2D eigenvalue weighted by Gasteiger charge is -2.05. The van der Waals surface area contributed by atoms with Crippen molar-refractivity contribution in [3.8, 4) is 17.1 Å². The van der Waals surface area contributed by atoms with E-state index in [0.717, 1.165) is 16.3 Å². The molecule has 0 amide bonds. The van der Waals surface area contributed by atoms with Crippen molar-refractivity contribution >= 4 is 22.5 Å². The molecular weight excluding hydrogens is 292 g/mol. The second-order valence-electron chi connectivity index (χ2n) is 4.00. The summed E-state index contributed by atoms with van der Waals surface area (Å²) in [6.07, 6.45) is 1.74. The lowest BCUT2D eigenvalue weighted by molar-refractivity contribution is 0.552. The first-order chi connectivity index (χ1) is 9.83. The van der Waals surface area contributed by atoms with Gasteiger partial charge in [-0.25, -0.2) is 4.68 Å². The van der Waals surface area contributed by atoms with Crippen molar-refractivity contribution in [1.82, 2.24) is 30.0 Å². The minimum Gasteiger partial charge on any atom is -0.226 e. The van der Waals surface area contributed by atoms with E-state index < -0.39 is 0 Å². The Hall–Kier alpha value is -1.80. The van der Waals surface area contributed by atoms with Crippen LogP contribution in [0.1, 0.15) is 6.92 Å². The van der Waals surface area contributed by atoms with Crippen LogP contribution in [0.5, 0.6) is 0 Å². The third-order valence-corrected chi connectivity index (χ3v) is 3.87. The van der Waals surface area contributed by atoms with Crippen LogP contribution in [0.2, 0.25) is 0 Å². The van der Waals surface area contributed by atoms with Gasteiger partial charge in [0.2, 0.25) is 5.82 Å². The van der Waals surface area contributed by atoms with Crippen LogP contribution in [0.3, 0.4) is 0 Å². The van der Waals surface area contributed by atoms with Crippen molar-refractivity contribution in [1.29, 1.82) is 0 Å². The minimum atomic E-state index is 0.561. The van der Waals surface area contributed by atoms with Gasteiger partial charge in [-0.15, -0.1) is 21.9 Å². The Kier molecular flexibility index (Phi) is 3.75. The zero-order valence-corrected chi connectivity index (χ0v) is 12.4. The van der Waals surface area contributed by atoms with Crippen molar-refractivity contribution in [2.75, 3.05) is 0 Å². The summed E-state index contributed by atoms with van der Waals surface area (Å²) >= 11 is 4.32. The number of aryl methyl sites for hydroxylation is 1. The van der Waals surface area contributed by atoms with Crippen LogP contribution in [0.4, 0.5) is 0 Å². The molecule has 0 spiro atoms. The Bertz CT molecular complexity index is 706. The SMILES string of the molecule is CCn1nnc(-c2cnn(-c3ccccc3)c2SS)n1. The van der Waals surface area contributed by atoms with Gasteiger partial charge in [-0.2, -0.15) is 9.90 Å². The average Bonchev–Trinajstić information content (AvgIpc) is 3.13. The van der Waals surface area contributed by atoms with Gasteiger partial charge in [0, 0.05) is 0 Å². The molecule has 2 aromatic heterocycles. The summed E-state index contributed by atoms with van der Waals surface area (Å²) in [4.78, 5) is 1.54. The number of aromatic nitrogens is 6. The van der Waals surface area contributed by atoms with E-state index in [1.807, 2.05) is 41.9 Å². The number of rotatable bonds is 4. The predicted octanol–water partition coefficient (Wildman–Crippen LogP) is 2.48. The number of hydrogen-bond donors (Lipinski definition) is 1. The topological polar surface area (TPSA) is 61.4 Å². The maximum Gasteiger partial charge on any atom is 0.209 e. The molecule has 0 unspecified atom stereocenters. The van der Waals surface area contributed by atoms with Crippen LogP contribution in [0, 0.1) is 0 Å². The molecule has 0 saturated heterocycles. The summed E-state index contributed by atoms with van der Waals surface area (Å²) in [6.45, 7) is 2.65. The minimum absolute atomic E-state index is 0.561. The maximum absolute atomic E-state index is 4.40. The largest absolute Gasteiger partial charge is 0.226 e. The average molecular weight is 304 g/mol. The zero-order chi connectivity index (χ0) is 13.9. The second-order valence-corrected chi connectivity index (χ2v) is 5.12. The summed E-state index contributed by atoms with van der Waals surface area (Å²) in [5.41, 5.74) is 1.80. The number of hydrogen-bond acceptors (Lipinski definition) is 6. The fourth-order valence-electron chi connectivity index (χ4n) is 1.82. The maximum atomic E-state index is 4.40. The quantitative estimate of drug-likeness (QED) is 0.593. The van der Waals surface area contributed by atoms with E-state index in [0.29, 0.717) is 12.4 Å². The number of tetrazole rings is 1. The van der Waals surface area contributed by atoms with Crippen molar-refractivity contribution < 1.29 is 0 Å². The molecule has 8 heteroatoms. The van der Waals surface area contributed by atoms with Gasteiger partial charge in [-0.05, 0) is 35.1 Å². The number of benzene rings is 1. The van der Waals surface area contributed by atoms with Crippen LogP contribution < -0.4 is 0 Å². The highest BCUT2D eigenvalue weighted by molar-refractivity contribution is 8.68. The molecule has 0 atom stereocenters. The molecule has 0 aliphatic rings. The van der Waals surface area contributed by atoms with Gasteiger partial charge in [0.1, 0.15) is 5.03 Å². The fraction of sp³-hybridized carbons (Fsp3) is 0.167. The Labute approximate surface area is 125 Å². The molecule has 102 valence electrons. The molecule has 3 rings (SSSR count). The van der Waals surface area contributed by atoms with Crippen LogP contribution in [-0.2, 0) is 6.54 Å². The fourth-order valence-corrected chi connectivity index (χ4v) is 2.82. The van der Waals surface area contributed by atoms with Gasteiger partial charge >= 0.3 is 0 Å². The molecule has 0 bridgehead atoms. The zero-order valence-electron chi connectivity index (χ0n) is 10.7. The third kappa shape index (κ3) is 2.32. The highest BCUT2D eigenvalue weighted by Crippen LogP contribution is 2.33. The summed E-state index contributed by atoms with van der Waals surface area (Å²) in [5.74, 6) is 0.561. The van der Waals surface area contributed by atoms with Crippen LogP contribution in [0.25, 0.3) is 17.1 Å². The molecule has 2 heterocycles. The second kappa shape index (κ2) is 5.68. The van der Waals surface area contributed by atoms with Gasteiger partial charge in [-0.3, -0.25) is 0 Å². The smallest absolute Gasteiger partial charge is 0.209 e. The predicted molar refractivity (Wildman–Crippen MR) is 80.9 cm³/mol. The van der Waals surface area contributed by atoms with Crippen molar-refractivity contribution in [2.24, 2.45) is 0 Å². The van der Waals surface area contributed by atoms with E-state index in [-0.39, 0.29) is 0 Å². The van der Waals surface area contributed by atoms with E-state index in [1.54, 1.807) is 11.0 Å². The lowest BCUT2D eigenvalue weighted by atomic mass is 10.3. The Morgan fingerprint density at radius 1 is 1.25 bits per heavy atom. The molecule has 0 saturated carbocycles. The molecule has 0 aliphatic carbocycles. The monoisotopic (exact) mass is 304 g/mol. The van der Waals surface area contributed by atoms with Gasteiger partial charge in [0.15, 0.2) is 0 Å². The number of nitrogens with zero attached hydrogens (tertiary/aromatic N) is 6. The van der Waals surface area contributed by atoms with E-state index in [2.05, 4.69) is 32.2 Å². The molecule has 0 N–H and O–H groups in total. The Morgan fingerprint density at radius 3 is 2.70 bits per heavy atom. The van der Waals surface area contributed by atoms with Gasteiger partial charge in [0.05, 0.1) is 24.0 Å². The third-order valence-electron chi connectivity index (χ3n) is 2.79. The normalized spacial score (nSPS) is 10.9. The van der Waals surface area contributed by atoms with Crippen LogP contribution in [0.15, 0.2) is 41.6 Å². The van der Waals surface area contributed by atoms with Gasteiger partial charge in [0.25, 0.3) is 0 Å². The summed E-state index contributed by atoms with van der Waals surface area (Å²) in [6, 6.07) is 9.88. The van der Waals surface area contributed by atoms with Crippen molar-refractivity contribution in [3.05, 3.63) is 36.5 Å². The first-order valence-electron chi connectivity index (χ1n) is 6.06. The summed E-state index contributed by atoms with van der Waals surface area (Å²) in [7, 11) is 1.31. The van der Waals surface area contributed by atoms with Crippen molar-refractivity contribution in [2.45, 2.75) is 18.5 Å². The molecular formula is C12H12N6S2. The molecule has 0 fully saturated rings. The highest BCUT2D eigenvalue weighted by Gasteiger charge is 2.17. The molecule has 3 aromatic rings. The summed E-state index contributed by atoms with van der Waals surface area (Å²) in [5, 5.41) is 17.6. The van der Waals surface area contributed by atoms with Crippen LogP contribution >= 0.6 is 22.5 Å². The first kappa shape index (κ1) is 13.2. The number of para-hydroxylation sites is 1. The Morgan fingerprint density at radius 2 is 2.05 bits per heavy atom. The highest BCUT2D eigenvalue weighted by atomic mass is 33.1. The lowest BCUT2D eigenvalue weighted by Crippen LogP contribution is -1.98. The van der Waals surface area contributed by atoms with E-state index >= 15 is 0 Å². The van der Waals surface area contributed by atoms with Gasteiger partial charge in [-0.1, -0.05) is 18.2 Å². The van der Waals surface area contributed by atoms with E-state index in [9.17, 15) is 0 Å². The Balaban J connectivity index is 2.08. The van der Waals surface area contributed by atoms with Crippen LogP contribution in [-0.4, -0.2) is 30.0 Å². The van der Waals surface area contributed by atoms with E-state index in [4.69, 9.17) is 0 Å². The number of thiol groups is 1. The molecule has 20 heavy (non-hydrogen) atoms. The summed E-state index contributed by atoms with van der Waals surface area (Å²) < 4.78 is 1.82. The molecule has 0 aliphatic heterocycles. The molecule has 6 nitrogen and oxygen atoms in total.